The Kier molecular flexibility index (Phi) is 7.36. The SMILES string of the molecule is I.c1cnc(N2CCOCC2)c(CN=C(NC2CCCC2)NC2CC2)c1. The van der Waals surface area contributed by atoms with Crippen LogP contribution in [0.2, 0.25) is 0 Å². The lowest BCUT2D eigenvalue weighted by molar-refractivity contribution is 0.122. The third kappa shape index (κ3) is 5.45. The highest BCUT2D eigenvalue weighted by atomic mass is 127. The molecule has 144 valence electrons. The molecule has 2 saturated carbocycles. The van der Waals surface area contributed by atoms with Crippen molar-refractivity contribution in [3.8, 4) is 0 Å². The number of anilines is 1. The van der Waals surface area contributed by atoms with Gasteiger partial charge in [-0.05, 0) is 31.7 Å². The number of aliphatic imine (C=N–C) groups is 1. The van der Waals surface area contributed by atoms with Gasteiger partial charge in [-0.1, -0.05) is 18.9 Å². The van der Waals surface area contributed by atoms with Gasteiger partial charge in [0, 0.05) is 36.9 Å². The van der Waals surface area contributed by atoms with Crippen LogP contribution in [-0.4, -0.2) is 49.3 Å². The van der Waals surface area contributed by atoms with Gasteiger partial charge in [0.1, 0.15) is 5.82 Å². The Morgan fingerprint density at radius 3 is 2.50 bits per heavy atom. The van der Waals surface area contributed by atoms with Gasteiger partial charge < -0.3 is 20.3 Å². The van der Waals surface area contributed by atoms with Crippen molar-refractivity contribution in [1.29, 1.82) is 0 Å². The number of nitrogens with zero attached hydrogens (tertiary/aromatic N) is 3. The van der Waals surface area contributed by atoms with E-state index in [0.29, 0.717) is 18.6 Å². The van der Waals surface area contributed by atoms with Crippen molar-refractivity contribution in [3.05, 3.63) is 23.9 Å². The number of pyridine rings is 1. The van der Waals surface area contributed by atoms with Crippen molar-refractivity contribution in [1.82, 2.24) is 15.6 Å². The average molecular weight is 471 g/mol. The van der Waals surface area contributed by atoms with E-state index in [-0.39, 0.29) is 24.0 Å². The van der Waals surface area contributed by atoms with Crippen molar-refractivity contribution in [3.63, 3.8) is 0 Å². The molecule has 1 saturated heterocycles. The van der Waals surface area contributed by atoms with E-state index in [4.69, 9.17) is 9.73 Å². The van der Waals surface area contributed by atoms with Crippen LogP contribution in [0, 0.1) is 0 Å². The molecule has 2 N–H and O–H groups in total. The van der Waals surface area contributed by atoms with Gasteiger partial charge in [0.2, 0.25) is 0 Å². The smallest absolute Gasteiger partial charge is 0.192 e. The predicted octanol–water partition coefficient (Wildman–Crippen LogP) is 2.68. The number of nitrogens with one attached hydrogen (secondary N) is 2. The fourth-order valence-corrected chi connectivity index (χ4v) is 3.60. The number of ether oxygens (including phenoxy) is 1. The molecule has 0 radical (unpaired) electrons. The number of aromatic nitrogens is 1. The van der Waals surface area contributed by atoms with E-state index in [0.717, 1.165) is 38.1 Å². The molecule has 7 heteroatoms. The summed E-state index contributed by atoms with van der Waals surface area (Å²) in [5.41, 5.74) is 1.19. The number of guanidine groups is 1. The first-order valence-electron chi connectivity index (χ1n) is 9.72. The largest absolute Gasteiger partial charge is 0.378 e. The zero-order chi connectivity index (χ0) is 16.9. The Balaban J connectivity index is 0.00000196. The number of morpholine rings is 1. The number of halogens is 1. The third-order valence-electron chi connectivity index (χ3n) is 5.20. The van der Waals surface area contributed by atoms with Crippen molar-refractivity contribution in [2.24, 2.45) is 4.99 Å². The summed E-state index contributed by atoms with van der Waals surface area (Å²) in [6, 6.07) is 5.34. The molecular formula is C19H30IN5O. The Bertz CT molecular complexity index is 595. The Morgan fingerprint density at radius 1 is 1.12 bits per heavy atom. The molecule has 0 amide bonds. The zero-order valence-corrected chi connectivity index (χ0v) is 17.7. The number of hydrogen-bond acceptors (Lipinski definition) is 4. The molecular weight excluding hydrogens is 441 g/mol. The molecule has 2 heterocycles. The summed E-state index contributed by atoms with van der Waals surface area (Å²) in [6.45, 7) is 4.02. The molecule has 26 heavy (non-hydrogen) atoms. The lowest BCUT2D eigenvalue weighted by atomic mass is 10.2. The van der Waals surface area contributed by atoms with E-state index < -0.39 is 0 Å². The van der Waals surface area contributed by atoms with Crippen molar-refractivity contribution >= 4 is 35.8 Å². The van der Waals surface area contributed by atoms with Crippen LogP contribution in [0.4, 0.5) is 5.82 Å². The van der Waals surface area contributed by atoms with Gasteiger partial charge in [0.25, 0.3) is 0 Å². The molecule has 0 aromatic carbocycles. The van der Waals surface area contributed by atoms with E-state index in [1.54, 1.807) is 0 Å². The second-order valence-corrected chi connectivity index (χ2v) is 7.29. The highest BCUT2D eigenvalue weighted by Crippen LogP contribution is 2.22. The summed E-state index contributed by atoms with van der Waals surface area (Å²) in [7, 11) is 0. The lowest BCUT2D eigenvalue weighted by Gasteiger charge is -2.29. The van der Waals surface area contributed by atoms with Gasteiger partial charge in [-0.15, -0.1) is 24.0 Å². The van der Waals surface area contributed by atoms with Gasteiger partial charge in [0.15, 0.2) is 5.96 Å². The van der Waals surface area contributed by atoms with Crippen LogP contribution in [0.3, 0.4) is 0 Å². The lowest BCUT2D eigenvalue weighted by Crippen LogP contribution is -2.43. The number of hydrogen-bond donors (Lipinski definition) is 2. The number of rotatable bonds is 5. The molecule has 0 spiro atoms. The minimum Gasteiger partial charge on any atom is -0.378 e. The Morgan fingerprint density at radius 2 is 1.81 bits per heavy atom. The van der Waals surface area contributed by atoms with Gasteiger partial charge in [-0.2, -0.15) is 0 Å². The van der Waals surface area contributed by atoms with Crippen LogP contribution in [0.1, 0.15) is 44.1 Å². The molecule has 0 bridgehead atoms. The first-order chi connectivity index (χ1) is 12.4. The second kappa shape index (κ2) is 9.73. The zero-order valence-electron chi connectivity index (χ0n) is 15.3. The molecule has 1 aromatic heterocycles. The fourth-order valence-electron chi connectivity index (χ4n) is 3.60. The van der Waals surface area contributed by atoms with Crippen molar-refractivity contribution in [2.75, 3.05) is 31.2 Å². The average Bonchev–Trinajstić information content (AvgIpc) is 3.33. The van der Waals surface area contributed by atoms with E-state index in [1.165, 1.54) is 44.1 Å². The first-order valence-corrected chi connectivity index (χ1v) is 9.72. The van der Waals surface area contributed by atoms with Gasteiger partial charge in [-0.25, -0.2) is 9.98 Å². The first kappa shape index (κ1) is 19.7. The quantitative estimate of drug-likeness (QED) is 0.393. The fraction of sp³-hybridized carbons (Fsp3) is 0.684. The monoisotopic (exact) mass is 471 g/mol. The summed E-state index contributed by atoms with van der Waals surface area (Å²) in [6.07, 6.45) is 9.58. The highest BCUT2D eigenvalue weighted by molar-refractivity contribution is 14.0. The normalized spacial score (nSPS) is 21.4. The van der Waals surface area contributed by atoms with Crippen LogP contribution in [-0.2, 0) is 11.3 Å². The predicted molar refractivity (Wildman–Crippen MR) is 115 cm³/mol. The molecule has 1 aromatic rings. The topological polar surface area (TPSA) is 61.8 Å². The maximum atomic E-state index is 5.47. The minimum atomic E-state index is 0. The molecule has 0 unspecified atom stereocenters. The summed E-state index contributed by atoms with van der Waals surface area (Å²) in [5, 5.41) is 7.21. The molecule has 4 rings (SSSR count). The van der Waals surface area contributed by atoms with Crippen molar-refractivity contribution < 1.29 is 4.74 Å². The Labute approximate surface area is 173 Å². The van der Waals surface area contributed by atoms with Gasteiger partial charge >= 0.3 is 0 Å². The van der Waals surface area contributed by atoms with Crippen molar-refractivity contribution in [2.45, 2.75) is 57.2 Å². The summed E-state index contributed by atoms with van der Waals surface area (Å²) in [5.74, 6) is 2.03. The van der Waals surface area contributed by atoms with Crippen LogP contribution in [0.25, 0.3) is 0 Å². The molecule has 2 aliphatic carbocycles. The van der Waals surface area contributed by atoms with E-state index >= 15 is 0 Å². The maximum Gasteiger partial charge on any atom is 0.192 e. The standard InChI is InChI=1S/C19H29N5O.HI/c1-2-6-16(5-1)22-19(23-17-7-8-17)21-14-15-4-3-9-20-18(15)24-10-12-25-13-11-24;/h3-4,9,16-17H,1-2,5-8,10-14H2,(H2,21,22,23);1H. The molecule has 3 fully saturated rings. The second-order valence-electron chi connectivity index (χ2n) is 7.29. The maximum absolute atomic E-state index is 5.47. The molecule has 1 aliphatic heterocycles. The molecule has 0 atom stereocenters. The summed E-state index contributed by atoms with van der Waals surface area (Å²) < 4.78 is 5.47. The van der Waals surface area contributed by atoms with Gasteiger partial charge in [0.05, 0.1) is 19.8 Å². The van der Waals surface area contributed by atoms with Gasteiger partial charge in [-0.3, -0.25) is 0 Å². The molecule has 6 nitrogen and oxygen atoms in total. The molecule has 3 aliphatic rings. The van der Waals surface area contributed by atoms with Crippen LogP contribution >= 0.6 is 24.0 Å². The highest BCUT2D eigenvalue weighted by Gasteiger charge is 2.24. The summed E-state index contributed by atoms with van der Waals surface area (Å²) in [4.78, 5) is 11.8. The third-order valence-corrected chi connectivity index (χ3v) is 5.20. The summed E-state index contributed by atoms with van der Waals surface area (Å²) >= 11 is 0. The van der Waals surface area contributed by atoms with Crippen LogP contribution in [0.15, 0.2) is 23.3 Å². The Hall–Kier alpha value is -1.09. The minimum absolute atomic E-state index is 0. The van der Waals surface area contributed by atoms with E-state index in [9.17, 15) is 0 Å². The van der Waals surface area contributed by atoms with E-state index in [1.807, 2.05) is 12.3 Å². The van der Waals surface area contributed by atoms with E-state index in [2.05, 4.69) is 26.6 Å². The van der Waals surface area contributed by atoms with Crippen LogP contribution in [0.5, 0.6) is 0 Å². The van der Waals surface area contributed by atoms with Crippen LogP contribution < -0.4 is 15.5 Å².